The first kappa shape index (κ1) is 8.93. The lowest BCUT2D eigenvalue weighted by molar-refractivity contribution is -0.211. The third-order valence-electron chi connectivity index (χ3n) is 2.01. The number of aliphatic hydroxyl groups excluding tert-OH is 1. The number of aliphatic hydroxyl groups is 1. The smallest absolute Gasteiger partial charge is 0.159 e. The van der Waals surface area contributed by atoms with Gasteiger partial charge in [0.1, 0.15) is 0 Å². The van der Waals surface area contributed by atoms with Gasteiger partial charge in [-0.05, 0) is 6.92 Å². The largest absolute Gasteiger partial charge is 0.389 e. The minimum absolute atomic E-state index is 0.233. The molecular formula is C7H15NO3. The van der Waals surface area contributed by atoms with Crippen LogP contribution in [-0.2, 0) is 9.47 Å². The summed E-state index contributed by atoms with van der Waals surface area (Å²) in [4.78, 5) is 0. The van der Waals surface area contributed by atoms with Gasteiger partial charge in [-0.2, -0.15) is 0 Å². The second-order valence-corrected chi connectivity index (χ2v) is 2.90. The van der Waals surface area contributed by atoms with Crippen LogP contribution in [-0.4, -0.2) is 36.8 Å². The Bertz CT molecular complexity index is 119. The molecule has 0 radical (unpaired) electrons. The van der Waals surface area contributed by atoms with Gasteiger partial charge in [-0.15, -0.1) is 0 Å². The minimum atomic E-state index is -0.568. The first-order valence-electron chi connectivity index (χ1n) is 3.77. The topological polar surface area (TPSA) is 64.7 Å². The second kappa shape index (κ2) is 3.49. The summed E-state index contributed by atoms with van der Waals surface area (Å²) >= 11 is 0. The maximum atomic E-state index is 9.35. The Morgan fingerprint density at radius 1 is 1.64 bits per heavy atom. The number of methoxy groups -OCH3 is 1. The highest BCUT2D eigenvalue weighted by atomic mass is 16.7. The molecule has 11 heavy (non-hydrogen) atoms. The highest BCUT2D eigenvalue weighted by Gasteiger charge is 2.32. The van der Waals surface area contributed by atoms with Crippen molar-refractivity contribution in [2.24, 2.45) is 5.73 Å². The molecule has 1 aliphatic heterocycles. The zero-order valence-electron chi connectivity index (χ0n) is 6.86. The third-order valence-corrected chi connectivity index (χ3v) is 2.01. The normalized spacial score (nSPS) is 45.8. The zero-order valence-corrected chi connectivity index (χ0v) is 6.86. The molecule has 0 bridgehead atoms. The highest BCUT2D eigenvalue weighted by molar-refractivity contribution is 4.82. The van der Waals surface area contributed by atoms with E-state index in [1.165, 1.54) is 0 Å². The number of rotatable bonds is 1. The van der Waals surface area contributed by atoms with E-state index >= 15 is 0 Å². The van der Waals surface area contributed by atoms with Crippen molar-refractivity contribution in [1.82, 2.24) is 0 Å². The van der Waals surface area contributed by atoms with Gasteiger partial charge < -0.3 is 20.3 Å². The Labute approximate surface area is 66.3 Å². The monoisotopic (exact) mass is 161 g/mol. The van der Waals surface area contributed by atoms with Gasteiger partial charge >= 0.3 is 0 Å². The first-order valence-corrected chi connectivity index (χ1v) is 3.77. The zero-order chi connectivity index (χ0) is 8.43. The fourth-order valence-electron chi connectivity index (χ4n) is 1.24. The molecule has 1 saturated heterocycles. The van der Waals surface area contributed by atoms with E-state index in [4.69, 9.17) is 15.2 Å². The van der Waals surface area contributed by atoms with Crippen LogP contribution in [0.25, 0.3) is 0 Å². The molecule has 1 aliphatic rings. The van der Waals surface area contributed by atoms with Crippen LogP contribution >= 0.6 is 0 Å². The van der Waals surface area contributed by atoms with Crippen LogP contribution in [0.1, 0.15) is 13.3 Å². The fraction of sp³-hybridized carbons (Fsp3) is 1.00. The molecule has 66 valence electrons. The molecule has 0 amide bonds. The first-order chi connectivity index (χ1) is 5.15. The van der Waals surface area contributed by atoms with E-state index in [1.807, 2.05) is 0 Å². The molecule has 1 heterocycles. The molecule has 1 fully saturated rings. The lowest BCUT2D eigenvalue weighted by Crippen LogP contribution is -2.51. The minimum Gasteiger partial charge on any atom is -0.389 e. The van der Waals surface area contributed by atoms with Crippen LogP contribution in [0.4, 0.5) is 0 Å². The Balaban J connectivity index is 2.47. The molecule has 0 aromatic heterocycles. The Hall–Kier alpha value is -0.160. The van der Waals surface area contributed by atoms with Gasteiger partial charge in [0, 0.05) is 19.6 Å². The van der Waals surface area contributed by atoms with Crippen molar-refractivity contribution in [2.45, 2.75) is 37.9 Å². The maximum Gasteiger partial charge on any atom is 0.159 e. The molecule has 0 spiro atoms. The standard InChI is InChI=1S/C7H15NO3/c1-4-7(9)5(8)3-6(10-2)11-4/h4-7,9H,3,8H2,1-2H3/t4-,5+,6-,7+/m0/s1. The summed E-state index contributed by atoms with van der Waals surface area (Å²) in [6, 6.07) is -0.233. The van der Waals surface area contributed by atoms with Crippen molar-refractivity contribution in [1.29, 1.82) is 0 Å². The van der Waals surface area contributed by atoms with Crippen molar-refractivity contribution in [3.05, 3.63) is 0 Å². The molecule has 0 unspecified atom stereocenters. The molecule has 1 rings (SSSR count). The highest BCUT2D eigenvalue weighted by Crippen LogP contribution is 2.18. The van der Waals surface area contributed by atoms with E-state index in [1.54, 1.807) is 14.0 Å². The van der Waals surface area contributed by atoms with Gasteiger partial charge in [0.15, 0.2) is 6.29 Å². The number of nitrogens with two attached hydrogens (primary N) is 1. The van der Waals surface area contributed by atoms with Crippen molar-refractivity contribution in [3.63, 3.8) is 0 Å². The summed E-state index contributed by atoms with van der Waals surface area (Å²) in [6.45, 7) is 1.79. The predicted molar refractivity (Wildman–Crippen MR) is 39.9 cm³/mol. The molecule has 4 nitrogen and oxygen atoms in total. The van der Waals surface area contributed by atoms with E-state index in [0.29, 0.717) is 6.42 Å². The van der Waals surface area contributed by atoms with E-state index < -0.39 is 6.10 Å². The molecule has 0 aliphatic carbocycles. The van der Waals surface area contributed by atoms with Gasteiger partial charge in [0.2, 0.25) is 0 Å². The van der Waals surface area contributed by atoms with E-state index in [9.17, 15) is 5.11 Å². The van der Waals surface area contributed by atoms with Gasteiger partial charge in [0.05, 0.1) is 12.2 Å². The van der Waals surface area contributed by atoms with Crippen LogP contribution in [0.15, 0.2) is 0 Å². The number of ether oxygens (including phenoxy) is 2. The molecular weight excluding hydrogens is 146 g/mol. The van der Waals surface area contributed by atoms with Gasteiger partial charge in [-0.25, -0.2) is 0 Å². The molecule has 4 atom stereocenters. The fourth-order valence-corrected chi connectivity index (χ4v) is 1.24. The van der Waals surface area contributed by atoms with Crippen LogP contribution in [0.2, 0.25) is 0 Å². The van der Waals surface area contributed by atoms with Crippen molar-refractivity contribution < 1.29 is 14.6 Å². The molecule has 0 aromatic carbocycles. The van der Waals surface area contributed by atoms with Gasteiger partial charge in [0.25, 0.3) is 0 Å². The van der Waals surface area contributed by atoms with Crippen LogP contribution in [0, 0.1) is 0 Å². The van der Waals surface area contributed by atoms with Crippen molar-refractivity contribution in [3.8, 4) is 0 Å². The average molecular weight is 161 g/mol. The third kappa shape index (κ3) is 1.90. The van der Waals surface area contributed by atoms with E-state index in [-0.39, 0.29) is 18.4 Å². The summed E-state index contributed by atoms with van der Waals surface area (Å²) in [6.07, 6.45) is -0.504. The number of hydrogen-bond acceptors (Lipinski definition) is 4. The van der Waals surface area contributed by atoms with E-state index in [0.717, 1.165) is 0 Å². The molecule has 3 N–H and O–H groups in total. The lowest BCUT2D eigenvalue weighted by Gasteiger charge is -2.35. The van der Waals surface area contributed by atoms with Gasteiger partial charge in [-0.3, -0.25) is 0 Å². The summed E-state index contributed by atoms with van der Waals surface area (Å²) in [5.74, 6) is 0. The van der Waals surface area contributed by atoms with Crippen molar-refractivity contribution >= 4 is 0 Å². The Morgan fingerprint density at radius 3 is 2.73 bits per heavy atom. The molecule has 0 saturated carbocycles. The van der Waals surface area contributed by atoms with Crippen LogP contribution in [0.3, 0.4) is 0 Å². The molecule has 4 heteroatoms. The lowest BCUT2D eigenvalue weighted by atomic mass is 10.0. The summed E-state index contributed by atoms with van der Waals surface area (Å²) in [7, 11) is 1.57. The van der Waals surface area contributed by atoms with Gasteiger partial charge in [-0.1, -0.05) is 0 Å². The summed E-state index contributed by atoms with van der Waals surface area (Å²) in [5.41, 5.74) is 5.62. The quantitative estimate of drug-likeness (QED) is 0.542. The maximum absolute atomic E-state index is 9.35. The summed E-state index contributed by atoms with van der Waals surface area (Å²) < 4.78 is 10.2. The second-order valence-electron chi connectivity index (χ2n) is 2.90. The van der Waals surface area contributed by atoms with E-state index in [2.05, 4.69) is 0 Å². The number of hydrogen-bond donors (Lipinski definition) is 2. The van der Waals surface area contributed by atoms with Crippen LogP contribution in [0.5, 0.6) is 0 Å². The Kier molecular flexibility index (Phi) is 2.84. The van der Waals surface area contributed by atoms with Crippen molar-refractivity contribution in [2.75, 3.05) is 7.11 Å². The Morgan fingerprint density at radius 2 is 2.27 bits per heavy atom. The summed E-state index contributed by atoms with van der Waals surface area (Å²) in [5, 5.41) is 9.35. The predicted octanol–water partition coefficient (Wildman–Crippen LogP) is -0.544. The SMILES string of the molecule is CO[C@@H]1C[C@@H](N)[C@H](O)[C@H](C)O1. The van der Waals surface area contributed by atoms with Crippen LogP contribution < -0.4 is 5.73 Å². The average Bonchev–Trinajstić information content (AvgIpc) is 1.99. The molecule has 0 aromatic rings.